The van der Waals surface area contributed by atoms with Crippen molar-refractivity contribution in [3.63, 3.8) is 0 Å². The van der Waals surface area contributed by atoms with Crippen LogP contribution in [0.3, 0.4) is 0 Å². The molecule has 0 radical (unpaired) electrons. The number of hydrogen-bond donors (Lipinski definition) is 0. The van der Waals surface area contributed by atoms with Gasteiger partial charge in [-0.3, -0.25) is 0 Å². The Morgan fingerprint density at radius 1 is 0.388 bits per heavy atom. The summed E-state index contributed by atoms with van der Waals surface area (Å²) < 4.78 is 0. The zero-order chi connectivity index (χ0) is 56.8. The van der Waals surface area contributed by atoms with Gasteiger partial charge in [0.25, 0.3) is 0 Å². The van der Waals surface area contributed by atoms with Crippen molar-refractivity contribution in [2.24, 2.45) is 0 Å². The number of anilines is 6. The van der Waals surface area contributed by atoms with Crippen molar-refractivity contribution < 1.29 is 0 Å². The smallest absolute Gasteiger partial charge is 0.245 e. The first kappa shape index (κ1) is 52.8. The van der Waals surface area contributed by atoms with E-state index in [4.69, 9.17) is 0 Å². The highest BCUT2D eigenvalue weighted by molar-refractivity contribution is 6.92. The summed E-state index contributed by atoms with van der Waals surface area (Å²) in [6.07, 6.45) is 4.76. The Hall–Kier alpha value is -6.52. The minimum absolute atomic E-state index is 0.00210. The first-order valence-corrected chi connectivity index (χ1v) is 30.3. The van der Waals surface area contributed by atoms with Gasteiger partial charge in [-0.2, -0.15) is 0 Å². The first-order chi connectivity index (χ1) is 37.5. The van der Waals surface area contributed by atoms with E-state index in [2.05, 4.69) is 285 Å². The highest BCUT2D eigenvalue weighted by Gasteiger charge is 2.61. The number of allylic oxidation sites excluding steroid dienone is 2. The number of hydrogen-bond acceptors (Lipinski definition) is 3. The second-order valence-corrected chi connectivity index (χ2v) is 30.6. The second-order valence-electron chi connectivity index (χ2n) is 30.6. The van der Waals surface area contributed by atoms with E-state index in [1.165, 1.54) is 142 Å². The lowest BCUT2D eigenvalue weighted by Crippen LogP contribution is -2.56. The molecule has 0 aromatic heterocycles. The van der Waals surface area contributed by atoms with Crippen LogP contribution in [0.1, 0.15) is 200 Å². The predicted octanol–water partition coefficient (Wildman–Crippen LogP) is 19.8. The zero-order valence-electron chi connectivity index (χ0n) is 51.6. The molecular formula is C76H86BN3. The van der Waals surface area contributed by atoms with Crippen LogP contribution in [-0.4, -0.2) is 12.3 Å². The van der Waals surface area contributed by atoms with Gasteiger partial charge in [-0.1, -0.05) is 232 Å². The summed E-state index contributed by atoms with van der Waals surface area (Å²) in [5.41, 5.74) is 28.7. The Morgan fingerprint density at radius 2 is 0.850 bits per heavy atom. The molecule has 2 unspecified atom stereocenters. The molecule has 408 valence electrons. The monoisotopic (exact) mass is 1050 g/mol. The van der Waals surface area contributed by atoms with Gasteiger partial charge in [0.05, 0.1) is 11.2 Å². The molecule has 7 aromatic rings. The lowest BCUT2D eigenvalue weighted by molar-refractivity contribution is 0.195. The Balaban J connectivity index is 1.24. The van der Waals surface area contributed by atoms with E-state index in [0.29, 0.717) is 0 Å². The van der Waals surface area contributed by atoms with Crippen LogP contribution >= 0.6 is 0 Å². The van der Waals surface area contributed by atoms with Gasteiger partial charge >= 0.3 is 0 Å². The molecule has 0 spiro atoms. The summed E-state index contributed by atoms with van der Waals surface area (Å²) in [6.45, 7) is 43.8. The summed E-state index contributed by atoms with van der Waals surface area (Å²) in [7, 11) is 0. The molecule has 3 nitrogen and oxygen atoms in total. The lowest BCUT2D eigenvalue weighted by Gasteiger charge is -2.51. The molecule has 0 saturated heterocycles. The van der Waals surface area contributed by atoms with E-state index in [0.717, 1.165) is 6.42 Å². The van der Waals surface area contributed by atoms with Crippen LogP contribution in [0, 0.1) is 0 Å². The third-order valence-corrected chi connectivity index (χ3v) is 20.9. The molecule has 3 heterocycles. The molecular weight excluding hydrogens is 966 g/mol. The minimum Gasteiger partial charge on any atom is -0.334 e. The van der Waals surface area contributed by atoms with Gasteiger partial charge in [0, 0.05) is 72.8 Å². The molecule has 3 aliphatic heterocycles. The van der Waals surface area contributed by atoms with Crippen LogP contribution in [0.5, 0.6) is 0 Å². The molecule has 4 heteroatoms. The Bertz CT molecular complexity index is 3800. The van der Waals surface area contributed by atoms with Crippen LogP contribution in [-0.2, 0) is 37.9 Å². The fourth-order valence-corrected chi connectivity index (χ4v) is 16.0. The maximum atomic E-state index is 2.84. The fourth-order valence-electron chi connectivity index (χ4n) is 16.0. The summed E-state index contributed by atoms with van der Waals surface area (Å²) in [5, 5.41) is 0. The highest BCUT2D eigenvalue weighted by atomic mass is 15.3. The third kappa shape index (κ3) is 7.37. The largest absolute Gasteiger partial charge is 0.334 e. The van der Waals surface area contributed by atoms with Crippen molar-refractivity contribution in [2.75, 3.05) is 14.7 Å². The van der Waals surface area contributed by atoms with Crippen molar-refractivity contribution in [3.05, 3.63) is 207 Å². The van der Waals surface area contributed by atoms with Gasteiger partial charge in [-0.15, -0.1) is 0 Å². The van der Waals surface area contributed by atoms with Gasteiger partial charge < -0.3 is 14.7 Å². The predicted molar refractivity (Wildman–Crippen MR) is 345 cm³/mol. The first-order valence-electron chi connectivity index (χ1n) is 30.3. The van der Waals surface area contributed by atoms with E-state index in [1.807, 2.05) is 0 Å². The molecule has 2 atom stereocenters. The Morgan fingerprint density at radius 3 is 1.40 bits per heavy atom. The zero-order valence-corrected chi connectivity index (χ0v) is 51.6. The molecule has 7 aromatic carbocycles. The topological polar surface area (TPSA) is 9.72 Å². The SMILES string of the molecule is CC(C)(C)c1ccc(N2C3=C(B4C5=C(c6cc(C(C)(C)C)ccc6C5(C)C)N(c5ccc(C(C)(C)C)cc5-c5ccccc5)c5cc(N6c7ccccc7C7(C)CCCCC67C)cc2c54)C(C)(C)c2ccc(C(C)(C)C)cc23)cc1. The van der Waals surface area contributed by atoms with E-state index in [1.54, 1.807) is 0 Å². The summed E-state index contributed by atoms with van der Waals surface area (Å²) in [5.74, 6) is 0. The maximum absolute atomic E-state index is 2.84. The maximum Gasteiger partial charge on any atom is 0.245 e. The van der Waals surface area contributed by atoms with E-state index < -0.39 is 0 Å². The normalized spacial score (nSPS) is 21.5. The minimum atomic E-state index is -0.336. The van der Waals surface area contributed by atoms with Crippen LogP contribution in [0.25, 0.3) is 22.5 Å². The fraction of sp³-hybridized carbons (Fsp3) is 0.395. The van der Waals surface area contributed by atoms with Crippen molar-refractivity contribution in [1.82, 2.24) is 0 Å². The number of para-hydroxylation sites is 1. The second kappa shape index (κ2) is 17.0. The van der Waals surface area contributed by atoms with Gasteiger partial charge in [0.15, 0.2) is 0 Å². The molecule has 80 heavy (non-hydrogen) atoms. The average molecular weight is 1050 g/mol. The van der Waals surface area contributed by atoms with Crippen LogP contribution in [0.2, 0.25) is 0 Å². The molecule has 1 saturated carbocycles. The summed E-state index contributed by atoms with van der Waals surface area (Å²) >= 11 is 0. The van der Waals surface area contributed by atoms with Crippen molar-refractivity contribution >= 4 is 57.7 Å². The molecule has 13 rings (SSSR count). The molecule has 0 amide bonds. The summed E-state index contributed by atoms with van der Waals surface area (Å²) in [6, 6.07) is 58.4. The van der Waals surface area contributed by atoms with E-state index >= 15 is 0 Å². The van der Waals surface area contributed by atoms with Gasteiger partial charge in [0.1, 0.15) is 0 Å². The molecule has 0 bridgehead atoms. The number of rotatable bonds is 4. The number of benzene rings is 7. The molecule has 3 aliphatic carbocycles. The van der Waals surface area contributed by atoms with Crippen molar-refractivity contribution in [1.29, 1.82) is 0 Å². The highest BCUT2D eigenvalue weighted by Crippen LogP contribution is 2.66. The standard InChI is InChI=1S/C76H86BN3/c1-69(2,3)48-30-35-52(36-31-48)78-62-45-53(80-61-29-23-22-28-59(61)75(17)40-24-25-41-76(75,80)18)46-63-64(62)77(67-65(78)55-43-49(70(4,5)6)32-37-57(55)73(67,13)14)68-66(56-44-50(71(7,8)9)33-38-58(56)74(68,15)16)79(63)60-39-34-51(72(10,11)12)42-54(60)47-26-20-19-21-27-47/h19-23,26-39,42-46H,24-25,40-41H2,1-18H3. The van der Waals surface area contributed by atoms with Crippen molar-refractivity contribution in [2.45, 2.75) is 194 Å². The summed E-state index contributed by atoms with van der Waals surface area (Å²) in [4.78, 5) is 8.42. The molecule has 6 aliphatic rings. The van der Waals surface area contributed by atoms with Gasteiger partial charge in [-0.25, -0.2) is 0 Å². The van der Waals surface area contributed by atoms with Crippen LogP contribution in [0.4, 0.5) is 34.1 Å². The van der Waals surface area contributed by atoms with Crippen molar-refractivity contribution in [3.8, 4) is 11.1 Å². The van der Waals surface area contributed by atoms with Crippen LogP contribution in [0.15, 0.2) is 157 Å². The Labute approximate surface area is 481 Å². The van der Waals surface area contributed by atoms with E-state index in [9.17, 15) is 0 Å². The number of fused-ring (bicyclic) bond motifs is 9. The average Bonchev–Trinajstić information content (AvgIpc) is 2.93. The molecule has 1 fully saturated rings. The number of nitrogens with zero attached hydrogens (tertiary/aromatic N) is 3. The van der Waals surface area contributed by atoms with Gasteiger partial charge in [-0.05, 0) is 146 Å². The van der Waals surface area contributed by atoms with Gasteiger partial charge in [0.2, 0.25) is 6.71 Å². The third-order valence-electron chi connectivity index (χ3n) is 20.9. The van der Waals surface area contributed by atoms with E-state index in [-0.39, 0.29) is 50.2 Å². The Kier molecular flexibility index (Phi) is 11.2. The lowest BCUT2D eigenvalue weighted by atomic mass is 9.27. The van der Waals surface area contributed by atoms with Crippen LogP contribution < -0.4 is 20.2 Å². The quantitative estimate of drug-likeness (QED) is 0.163. The molecule has 0 N–H and O–H groups in total.